The van der Waals surface area contributed by atoms with Crippen molar-refractivity contribution in [2.75, 3.05) is 0 Å². The highest BCUT2D eigenvalue weighted by molar-refractivity contribution is 6.30. The Morgan fingerprint density at radius 2 is 2.16 bits per heavy atom. The SMILES string of the molecule is Cc1ccn(CCc2cccc(Cl)c2)c(=O)c1C#N. The Hall–Kier alpha value is -2.05. The first-order valence-electron chi connectivity index (χ1n) is 5.96. The average Bonchev–Trinajstić information content (AvgIpc) is 2.38. The zero-order valence-electron chi connectivity index (χ0n) is 10.6. The van der Waals surface area contributed by atoms with Crippen LogP contribution in [-0.2, 0) is 13.0 Å². The van der Waals surface area contributed by atoms with Gasteiger partial charge in [0.1, 0.15) is 11.6 Å². The maximum atomic E-state index is 12.0. The van der Waals surface area contributed by atoms with Crippen LogP contribution in [0.3, 0.4) is 0 Å². The lowest BCUT2D eigenvalue weighted by Crippen LogP contribution is -2.23. The van der Waals surface area contributed by atoms with Crippen LogP contribution < -0.4 is 5.56 Å². The normalized spacial score (nSPS) is 10.2. The Balaban J connectivity index is 2.22. The largest absolute Gasteiger partial charge is 0.314 e. The molecule has 0 unspecified atom stereocenters. The highest BCUT2D eigenvalue weighted by Crippen LogP contribution is 2.11. The third-order valence-electron chi connectivity index (χ3n) is 3.02. The fourth-order valence-corrected chi connectivity index (χ4v) is 2.13. The van der Waals surface area contributed by atoms with E-state index in [0.717, 1.165) is 5.56 Å². The minimum atomic E-state index is -0.232. The summed E-state index contributed by atoms with van der Waals surface area (Å²) in [6, 6.07) is 11.3. The van der Waals surface area contributed by atoms with Crippen molar-refractivity contribution < 1.29 is 0 Å². The molecule has 19 heavy (non-hydrogen) atoms. The van der Waals surface area contributed by atoms with Crippen molar-refractivity contribution in [3.8, 4) is 6.07 Å². The Morgan fingerprint density at radius 1 is 1.37 bits per heavy atom. The monoisotopic (exact) mass is 272 g/mol. The molecule has 0 fully saturated rings. The van der Waals surface area contributed by atoms with E-state index < -0.39 is 0 Å². The lowest BCUT2D eigenvalue weighted by molar-refractivity contribution is 0.666. The van der Waals surface area contributed by atoms with E-state index in [4.69, 9.17) is 16.9 Å². The number of hydrogen-bond donors (Lipinski definition) is 0. The Kier molecular flexibility index (Phi) is 4.03. The van der Waals surface area contributed by atoms with Gasteiger partial charge in [0.15, 0.2) is 0 Å². The molecule has 3 nitrogen and oxygen atoms in total. The third-order valence-corrected chi connectivity index (χ3v) is 3.25. The lowest BCUT2D eigenvalue weighted by Gasteiger charge is -2.07. The van der Waals surface area contributed by atoms with Crippen molar-refractivity contribution >= 4 is 11.6 Å². The first-order chi connectivity index (χ1) is 9.11. The van der Waals surface area contributed by atoms with Crippen molar-refractivity contribution in [3.05, 3.63) is 68.6 Å². The Labute approximate surface area is 116 Å². The molecule has 1 aromatic carbocycles. The average molecular weight is 273 g/mol. The molecule has 0 spiro atoms. The molecule has 1 heterocycles. The number of pyridine rings is 1. The van der Waals surface area contributed by atoms with Crippen LogP contribution in [0.5, 0.6) is 0 Å². The number of nitriles is 1. The van der Waals surface area contributed by atoms with Gasteiger partial charge in [0, 0.05) is 17.8 Å². The summed E-state index contributed by atoms with van der Waals surface area (Å²) in [6.07, 6.45) is 2.43. The fraction of sp³-hybridized carbons (Fsp3) is 0.200. The molecule has 0 radical (unpaired) electrons. The highest BCUT2D eigenvalue weighted by atomic mass is 35.5. The lowest BCUT2D eigenvalue weighted by atomic mass is 10.1. The fourth-order valence-electron chi connectivity index (χ4n) is 1.92. The van der Waals surface area contributed by atoms with Crippen LogP contribution in [0.4, 0.5) is 0 Å². The first kappa shape index (κ1) is 13.4. The second-order valence-electron chi connectivity index (χ2n) is 4.36. The number of benzene rings is 1. The van der Waals surface area contributed by atoms with E-state index in [0.29, 0.717) is 23.6 Å². The molecule has 96 valence electrons. The van der Waals surface area contributed by atoms with Gasteiger partial charge in [-0.15, -0.1) is 0 Å². The number of hydrogen-bond acceptors (Lipinski definition) is 2. The molecule has 0 bridgehead atoms. The van der Waals surface area contributed by atoms with Crippen molar-refractivity contribution in [3.63, 3.8) is 0 Å². The second-order valence-corrected chi connectivity index (χ2v) is 4.80. The topological polar surface area (TPSA) is 45.8 Å². The number of aromatic nitrogens is 1. The molecule has 2 rings (SSSR count). The van der Waals surface area contributed by atoms with Gasteiger partial charge in [0.2, 0.25) is 0 Å². The number of nitrogens with zero attached hydrogens (tertiary/aromatic N) is 2. The smallest absolute Gasteiger partial charge is 0.268 e. The maximum Gasteiger partial charge on any atom is 0.268 e. The molecule has 1 aromatic heterocycles. The summed E-state index contributed by atoms with van der Waals surface area (Å²) in [5, 5.41) is 9.65. The molecule has 0 saturated carbocycles. The zero-order valence-corrected chi connectivity index (χ0v) is 11.3. The minimum absolute atomic E-state index is 0.216. The summed E-state index contributed by atoms with van der Waals surface area (Å²) in [4.78, 5) is 12.0. The standard InChI is InChI=1S/C15H13ClN2O/c1-11-5-7-18(15(19)14(11)10-17)8-6-12-3-2-4-13(16)9-12/h2-5,7,9H,6,8H2,1H3. The van der Waals surface area contributed by atoms with E-state index in [1.54, 1.807) is 23.8 Å². The van der Waals surface area contributed by atoms with Gasteiger partial charge in [-0.1, -0.05) is 23.7 Å². The molecule has 0 aliphatic carbocycles. The molecular weight excluding hydrogens is 260 g/mol. The molecule has 2 aromatic rings. The van der Waals surface area contributed by atoms with Crippen LogP contribution in [-0.4, -0.2) is 4.57 Å². The van der Waals surface area contributed by atoms with Crippen LogP contribution in [0.15, 0.2) is 41.3 Å². The number of rotatable bonds is 3. The third kappa shape index (κ3) is 3.04. The number of aryl methyl sites for hydroxylation is 3. The molecule has 0 saturated heterocycles. The van der Waals surface area contributed by atoms with Crippen molar-refractivity contribution in [1.29, 1.82) is 5.26 Å². The zero-order chi connectivity index (χ0) is 13.8. The van der Waals surface area contributed by atoms with Gasteiger partial charge in [0.25, 0.3) is 5.56 Å². The summed E-state index contributed by atoms with van der Waals surface area (Å²) >= 11 is 5.91. The predicted molar refractivity (Wildman–Crippen MR) is 75.3 cm³/mol. The van der Waals surface area contributed by atoms with Crippen molar-refractivity contribution in [1.82, 2.24) is 4.57 Å². The van der Waals surface area contributed by atoms with Gasteiger partial charge in [-0.05, 0) is 42.7 Å². The van der Waals surface area contributed by atoms with Crippen molar-refractivity contribution in [2.45, 2.75) is 19.9 Å². The highest BCUT2D eigenvalue weighted by Gasteiger charge is 2.06. The molecule has 0 aliphatic heterocycles. The summed E-state index contributed by atoms with van der Waals surface area (Å²) < 4.78 is 1.56. The minimum Gasteiger partial charge on any atom is -0.314 e. The van der Waals surface area contributed by atoms with Crippen LogP contribution in [0, 0.1) is 18.3 Å². The summed E-state index contributed by atoms with van der Waals surface area (Å²) in [7, 11) is 0. The Bertz CT molecular complexity index is 698. The van der Waals surface area contributed by atoms with Gasteiger partial charge < -0.3 is 4.57 Å². The molecular formula is C15H13ClN2O. The van der Waals surface area contributed by atoms with Crippen LogP contribution >= 0.6 is 11.6 Å². The Morgan fingerprint density at radius 3 is 2.84 bits per heavy atom. The van der Waals surface area contributed by atoms with E-state index >= 15 is 0 Å². The first-order valence-corrected chi connectivity index (χ1v) is 6.34. The van der Waals surface area contributed by atoms with E-state index in [1.165, 1.54) is 0 Å². The van der Waals surface area contributed by atoms with Gasteiger partial charge >= 0.3 is 0 Å². The van der Waals surface area contributed by atoms with Crippen molar-refractivity contribution in [2.24, 2.45) is 0 Å². The second kappa shape index (κ2) is 5.73. The van der Waals surface area contributed by atoms with E-state index in [1.807, 2.05) is 30.3 Å². The summed E-state index contributed by atoms with van der Waals surface area (Å²) in [6.45, 7) is 2.30. The van der Waals surface area contributed by atoms with Gasteiger partial charge in [0.05, 0.1) is 0 Å². The summed E-state index contributed by atoms with van der Waals surface area (Å²) in [5.41, 5.74) is 1.77. The molecule has 4 heteroatoms. The molecule has 0 atom stereocenters. The maximum absolute atomic E-state index is 12.0. The molecule has 0 amide bonds. The van der Waals surface area contributed by atoms with Gasteiger partial charge in [-0.3, -0.25) is 4.79 Å². The predicted octanol–water partition coefficient (Wildman–Crippen LogP) is 2.92. The van der Waals surface area contributed by atoms with Crippen LogP contribution in [0.2, 0.25) is 5.02 Å². The van der Waals surface area contributed by atoms with Gasteiger partial charge in [-0.25, -0.2) is 0 Å². The van der Waals surface area contributed by atoms with E-state index in [2.05, 4.69) is 0 Å². The summed E-state index contributed by atoms with van der Waals surface area (Å²) in [5.74, 6) is 0. The quantitative estimate of drug-likeness (QED) is 0.862. The van der Waals surface area contributed by atoms with E-state index in [-0.39, 0.29) is 11.1 Å². The van der Waals surface area contributed by atoms with Crippen LogP contribution in [0.1, 0.15) is 16.7 Å². The van der Waals surface area contributed by atoms with Crippen LogP contribution in [0.25, 0.3) is 0 Å². The molecule has 0 N–H and O–H groups in total. The molecule has 0 aliphatic rings. The van der Waals surface area contributed by atoms with Gasteiger partial charge in [-0.2, -0.15) is 5.26 Å². The van der Waals surface area contributed by atoms with E-state index in [9.17, 15) is 4.79 Å². The number of halogens is 1.